The number of hydrogen-bond acceptors (Lipinski definition) is 2. The molecule has 3 heteroatoms. The number of hydrogen-bond donors (Lipinski definition) is 1. The molecular weight excluding hydrogens is 293 g/mol. The molecule has 122 valence electrons. The van der Waals surface area contributed by atoms with Crippen molar-refractivity contribution in [1.29, 1.82) is 0 Å². The van der Waals surface area contributed by atoms with E-state index >= 15 is 0 Å². The third-order valence-electron chi connectivity index (χ3n) is 5.43. The Bertz CT molecular complexity index is 742. The standard InChI is InChI=1S/C21H24BNO/c1-13(2)14-8-9-19-18(12-14)21-17(7-4-10-24-21)20(23-19)15-5-3-6-16(22)11-15/h3,5-6,8-9,11-13,17,20-21,23H,4,7,10H2,1-2H3. The van der Waals surface area contributed by atoms with E-state index in [1.807, 2.05) is 12.1 Å². The van der Waals surface area contributed by atoms with E-state index in [0.717, 1.165) is 18.5 Å². The van der Waals surface area contributed by atoms with Gasteiger partial charge in [-0.1, -0.05) is 55.7 Å². The van der Waals surface area contributed by atoms with Crippen molar-refractivity contribution in [2.75, 3.05) is 11.9 Å². The second kappa shape index (κ2) is 6.29. The smallest absolute Gasteiger partial charge is 0.113 e. The summed E-state index contributed by atoms with van der Waals surface area (Å²) in [4.78, 5) is 0. The number of rotatable bonds is 2. The summed E-state index contributed by atoms with van der Waals surface area (Å²) in [6, 6.07) is 15.3. The third-order valence-corrected chi connectivity index (χ3v) is 5.43. The third kappa shape index (κ3) is 2.75. The van der Waals surface area contributed by atoms with Crippen molar-refractivity contribution >= 4 is 19.0 Å². The average molecular weight is 317 g/mol. The molecule has 0 aliphatic carbocycles. The molecule has 0 saturated carbocycles. The summed E-state index contributed by atoms with van der Waals surface area (Å²) >= 11 is 0. The number of benzene rings is 2. The van der Waals surface area contributed by atoms with Crippen LogP contribution in [0.1, 0.15) is 61.4 Å². The fourth-order valence-corrected chi connectivity index (χ4v) is 4.13. The molecule has 0 spiro atoms. The summed E-state index contributed by atoms with van der Waals surface area (Å²) in [7, 11) is 6.02. The van der Waals surface area contributed by atoms with Crippen LogP contribution in [0.4, 0.5) is 5.69 Å². The Morgan fingerprint density at radius 1 is 1.17 bits per heavy atom. The largest absolute Gasteiger partial charge is 0.378 e. The number of ether oxygens (including phenoxy) is 1. The van der Waals surface area contributed by atoms with Crippen molar-refractivity contribution < 1.29 is 4.74 Å². The van der Waals surface area contributed by atoms with E-state index < -0.39 is 0 Å². The highest BCUT2D eigenvalue weighted by Crippen LogP contribution is 2.49. The van der Waals surface area contributed by atoms with Crippen molar-refractivity contribution in [3.63, 3.8) is 0 Å². The quantitative estimate of drug-likeness (QED) is 0.837. The Morgan fingerprint density at radius 2 is 2.04 bits per heavy atom. The predicted molar refractivity (Wildman–Crippen MR) is 100 cm³/mol. The molecule has 1 saturated heterocycles. The lowest BCUT2D eigenvalue weighted by Crippen LogP contribution is -2.36. The van der Waals surface area contributed by atoms with E-state index in [0.29, 0.717) is 11.8 Å². The van der Waals surface area contributed by atoms with E-state index in [9.17, 15) is 0 Å². The minimum absolute atomic E-state index is 0.181. The monoisotopic (exact) mass is 317 g/mol. The molecule has 2 aliphatic rings. The van der Waals surface area contributed by atoms with Gasteiger partial charge < -0.3 is 10.1 Å². The van der Waals surface area contributed by atoms with E-state index in [1.54, 1.807) is 0 Å². The van der Waals surface area contributed by atoms with Crippen LogP contribution in [0.5, 0.6) is 0 Å². The Labute approximate surface area is 146 Å². The van der Waals surface area contributed by atoms with Gasteiger partial charge >= 0.3 is 0 Å². The van der Waals surface area contributed by atoms with E-state index in [4.69, 9.17) is 12.6 Å². The van der Waals surface area contributed by atoms with Crippen LogP contribution in [0.2, 0.25) is 0 Å². The van der Waals surface area contributed by atoms with E-state index in [-0.39, 0.29) is 12.1 Å². The SMILES string of the molecule is [B]c1cccc(C2Nc3ccc(C(C)C)cc3C3OCCCC23)c1. The Hall–Kier alpha value is -1.74. The molecule has 2 aromatic carbocycles. The fourth-order valence-electron chi connectivity index (χ4n) is 4.13. The van der Waals surface area contributed by atoms with Crippen LogP contribution in [0.3, 0.4) is 0 Å². The first kappa shape index (κ1) is 15.8. The van der Waals surface area contributed by atoms with Crippen molar-refractivity contribution in [3.8, 4) is 0 Å². The zero-order chi connectivity index (χ0) is 16.7. The average Bonchev–Trinajstić information content (AvgIpc) is 2.60. The molecule has 2 heterocycles. The Balaban J connectivity index is 1.77. The van der Waals surface area contributed by atoms with Gasteiger partial charge in [-0.2, -0.15) is 0 Å². The molecule has 1 fully saturated rings. The molecule has 2 nitrogen and oxygen atoms in total. The van der Waals surface area contributed by atoms with E-state index in [1.165, 1.54) is 28.8 Å². The first-order valence-corrected chi connectivity index (χ1v) is 9.01. The highest BCUT2D eigenvalue weighted by Gasteiger charge is 2.39. The van der Waals surface area contributed by atoms with Crippen molar-refractivity contribution in [3.05, 3.63) is 59.2 Å². The predicted octanol–water partition coefficient (Wildman–Crippen LogP) is 4.24. The lowest BCUT2D eigenvalue weighted by molar-refractivity contribution is -0.0381. The van der Waals surface area contributed by atoms with Gasteiger partial charge in [-0.25, -0.2) is 0 Å². The van der Waals surface area contributed by atoms with Gasteiger partial charge in [0.05, 0.1) is 12.1 Å². The second-order valence-corrected chi connectivity index (χ2v) is 7.39. The minimum atomic E-state index is 0.181. The maximum atomic E-state index is 6.25. The van der Waals surface area contributed by atoms with Crippen LogP contribution < -0.4 is 10.8 Å². The lowest BCUT2D eigenvalue weighted by atomic mass is 9.76. The molecule has 2 aromatic rings. The molecule has 0 aromatic heterocycles. The van der Waals surface area contributed by atoms with Gasteiger partial charge in [0.1, 0.15) is 7.85 Å². The zero-order valence-corrected chi connectivity index (χ0v) is 14.5. The Morgan fingerprint density at radius 3 is 2.83 bits per heavy atom. The molecule has 3 atom stereocenters. The Kier molecular flexibility index (Phi) is 4.13. The molecule has 3 unspecified atom stereocenters. The van der Waals surface area contributed by atoms with Crippen LogP contribution in [-0.2, 0) is 4.74 Å². The number of nitrogens with one attached hydrogen (secondary N) is 1. The summed E-state index contributed by atoms with van der Waals surface area (Å²) < 4.78 is 6.25. The number of anilines is 1. The van der Waals surface area contributed by atoms with Crippen LogP contribution >= 0.6 is 0 Å². The van der Waals surface area contributed by atoms with Crippen molar-refractivity contribution in [2.45, 2.75) is 44.8 Å². The molecule has 2 radical (unpaired) electrons. The van der Waals surface area contributed by atoms with Gasteiger partial charge in [-0.3, -0.25) is 0 Å². The number of fused-ring (bicyclic) bond motifs is 3. The normalized spacial score (nSPS) is 25.7. The molecule has 4 rings (SSSR count). The molecule has 2 aliphatic heterocycles. The van der Waals surface area contributed by atoms with Crippen LogP contribution in [-0.4, -0.2) is 14.5 Å². The fraction of sp³-hybridized carbons (Fsp3) is 0.429. The maximum Gasteiger partial charge on any atom is 0.113 e. The zero-order valence-electron chi connectivity index (χ0n) is 14.5. The van der Waals surface area contributed by atoms with E-state index in [2.05, 4.69) is 49.5 Å². The van der Waals surface area contributed by atoms with Crippen molar-refractivity contribution in [2.24, 2.45) is 5.92 Å². The molecule has 1 N–H and O–H groups in total. The summed E-state index contributed by atoms with van der Waals surface area (Å²) in [5, 5.41) is 3.77. The summed E-state index contributed by atoms with van der Waals surface area (Å²) in [6.45, 7) is 5.34. The lowest BCUT2D eigenvalue weighted by Gasteiger charge is -2.43. The molecule has 0 bridgehead atoms. The van der Waals surface area contributed by atoms with Gasteiger partial charge in [0.25, 0.3) is 0 Å². The van der Waals surface area contributed by atoms with Gasteiger partial charge in [-0.15, -0.1) is 0 Å². The van der Waals surface area contributed by atoms with Gasteiger partial charge in [0.15, 0.2) is 0 Å². The van der Waals surface area contributed by atoms with Gasteiger partial charge in [0.2, 0.25) is 0 Å². The summed E-state index contributed by atoms with van der Waals surface area (Å²) in [5.41, 5.74) is 5.99. The highest BCUT2D eigenvalue weighted by molar-refractivity contribution is 6.32. The summed E-state index contributed by atoms with van der Waals surface area (Å²) in [6.07, 6.45) is 2.49. The van der Waals surface area contributed by atoms with Crippen LogP contribution in [0.15, 0.2) is 42.5 Å². The minimum Gasteiger partial charge on any atom is -0.378 e. The van der Waals surface area contributed by atoms with Crippen LogP contribution in [0.25, 0.3) is 0 Å². The molecule has 24 heavy (non-hydrogen) atoms. The summed E-state index contributed by atoms with van der Waals surface area (Å²) in [5.74, 6) is 0.986. The maximum absolute atomic E-state index is 6.25. The first-order chi connectivity index (χ1) is 11.6. The van der Waals surface area contributed by atoms with Crippen LogP contribution in [0, 0.1) is 5.92 Å². The van der Waals surface area contributed by atoms with Gasteiger partial charge in [-0.05, 0) is 36.0 Å². The first-order valence-electron chi connectivity index (χ1n) is 9.01. The second-order valence-electron chi connectivity index (χ2n) is 7.39. The van der Waals surface area contributed by atoms with Gasteiger partial charge in [0, 0.05) is 23.8 Å². The van der Waals surface area contributed by atoms with Crippen molar-refractivity contribution in [1.82, 2.24) is 0 Å². The molecule has 0 amide bonds. The topological polar surface area (TPSA) is 21.3 Å². The highest BCUT2D eigenvalue weighted by atomic mass is 16.5. The molecular formula is C21H24BNO.